The van der Waals surface area contributed by atoms with Crippen molar-refractivity contribution in [2.45, 2.75) is 20.0 Å². The van der Waals surface area contributed by atoms with Gasteiger partial charge in [-0.3, -0.25) is 29.2 Å². The molecule has 1 fully saturated rings. The van der Waals surface area contributed by atoms with Gasteiger partial charge in [-0.2, -0.15) is 0 Å². The van der Waals surface area contributed by atoms with E-state index in [1.807, 2.05) is 24.3 Å². The Morgan fingerprint density at radius 2 is 1.72 bits per heavy atom. The van der Waals surface area contributed by atoms with Crippen molar-refractivity contribution in [2.24, 2.45) is 0 Å². The molecular weight excluding hydrogens is 374 g/mol. The van der Waals surface area contributed by atoms with Crippen molar-refractivity contribution >= 4 is 17.3 Å². The summed E-state index contributed by atoms with van der Waals surface area (Å²) in [5, 5.41) is 13.6. The molecule has 1 aromatic heterocycles. The molecule has 0 unspecified atom stereocenters. The Hall–Kier alpha value is -3.04. The number of amides is 1. The number of hydrogen-bond donors (Lipinski definition) is 1. The molecule has 0 spiro atoms. The Morgan fingerprint density at radius 3 is 2.34 bits per heavy atom. The van der Waals surface area contributed by atoms with Crippen molar-refractivity contribution < 1.29 is 9.72 Å². The molecule has 9 heteroatoms. The molecule has 0 bridgehead atoms. The first-order valence-electron chi connectivity index (χ1n) is 9.63. The number of nitro groups is 1. The summed E-state index contributed by atoms with van der Waals surface area (Å²) in [5.41, 5.74) is 1.08. The third-order valence-electron chi connectivity index (χ3n) is 5.05. The van der Waals surface area contributed by atoms with Gasteiger partial charge >= 0.3 is 0 Å². The largest absolute Gasteiger partial charge is 0.325 e. The Labute approximate surface area is 168 Å². The van der Waals surface area contributed by atoms with E-state index in [1.165, 1.54) is 5.56 Å². The predicted octanol–water partition coefficient (Wildman–Crippen LogP) is 1.53. The lowest BCUT2D eigenvalue weighted by Crippen LogP contribution is -2.45. The van der Waals surface area contributed by atoms with Crippen molar-refractivity contribution in [3.05, 3.63) is 68.6 Å². The average molecular weight is 399 g/mol. The molecule has 9 nitrogen and oxygen atoms in total. The fourth-order valence-electron chi connectivity index (χ4n) is 3.32. The first-order chi connectivity index (χ1) is 13.9. The minimum atomic E-state index is -0.602. The fraction of sp³-hybridized carbons (Fsp3) is 0.400. The highest BCUT2D eigenvalue weighted by Crippen LogP contribution is 2.13. The molecule has 3 rings (SSSR count). The molecule has 1 saturated heterocycles. The van der Waals surface area contributed by atoms with Gasteiger partial charge in [0.05, 0.1) is 11.1 Å². The molecule has 29 heavy (non-hydrogen) atoms. The summed E-state index contributed by atoms with van der Waals surface area (Å²) < 4.78 is 1.03. The molecule has 1 N–H and O–H groups in total. The fourth-order valence-corrected chi connectivity index (χ4v) is 3.32. The molecule has 0 aliphatic carbocycles. The van der Waals surface area contributed by atoms with E-state index in [4.69, 9.17) is 0 Å². The van der Waals surface area contributed by atoms with Crippen LogP contribution in [0.3, 0.4) is 0 Å². The summed E-state index contributed by atoms with van der Waals surface area (Å²) in [7, 11) is 0. The van der Waals surface area contributed by atoms with Crippen LogP contribution in [0.2, 0.25) is 0 Å². The number of likely N-dealkylation sites (N-methyl/N-ethyl adjacent to an activating group) is 1. The second-order valence-electron chi connectivity index (χ2n) is 7.07. The Balaban J connectivity index is 1.54. The molecule has 1 aliphatic rings. The molecule has 1 aliphatic heterocycles. The molecule has 2 aromatic rings. The molecule has 2 heterocycles. The molecule has 0 radical (unpaired) electrons. The number of anilines is 1. The van der Waals surface area contributed by atoms with Gasteiger partial charge in [-0.05, 0) is 24.2 Å². The van der Waals surface area contributed by atoms with Gasteiger partial charge in [-0.25, -0.2) is 0 Å². The number of pyridine rings is 1. The van der Waals surface area contributed by atoms with Crippen LogP contribution in [0.25, 0.3) is 0 Å². The summed E-state index contributed by atoms with van der Waals surface area (Å²) in [6, 6.07) is 9.80. The van der Waals surface area contributed by atoms with E-state index in [2.05, 4.69) is 22.0 Å². The van der Waals surface area contributed by atoms with Gasteiger partial charge in [0.2, 0.25) is 5.91 Å². The quantitative estimate of drug-likeness (QED) is 0.560. The van der Waals surface area contributed by atoms with Crippen LogP contribution >= 0.6 is 0 Å². The second kappa shape index (κ2) is 9.44. The summed E-state index contributed by atoms with van der Waals surface area (Å²) >= 11 is 0. The van der Waals surface area contributed by atoms with Gasteiger partial charge in [-0.1, -0.05) is 19.1 Å². The molecular formula is C20H25N5O4. The lowest BCUT2D eigenvalue weighted by Gasteiger charge is -2.34. The standard InChI is InChI=1S/C20H25N5O4/c1-2-22-9-11-23(12-10-22)13-16-3-5-17(6-4-16)21-19(26)15-24-14-18(25(28)29)7-8-20(24)27/h3-8,14H,2,9-13,15H2,1H3,(H,21,26). The maximum Gasteiger partial charge on any atom is 0.285 e. The highest BCUT2D eigenvalue weighted by Gasteiger charge is 2.15. The molecule has 1 aromatic carbocycles. The van der Waals surface area contributed by atoms with Crippen molar-refractivity contribution in [1.29, 1.82) is 0 Å². The monoisotopic (exact) mass is 399 g/mol. The number of rotatable bonds is 7. The highest BCUT2D eigenvalue weighted by molar-refractivity contribution is 5.90. The minimum Gasteiger partial charge on any atom is -0.325 e. The average Bonchev–Trinajstić information content (AvgIpc) is 2.71. The van der Waals surface area contributed by atoms with Crippen LogP contribution in [0.1, 0.15) is 12.5 Å². The number of carbonyl (C=O) groups excluding carboxylic acids is 1. The number of aromatic nitrogens is 1. The maximum absolute atomic E-state index is 12.2. The predicted molar refractivity (Wildman–Crippen MR) is 110 cm³/mol. The number of carbonyl (C=O) groups is 1. The number of benzene rings is 1. The van der Waals surface area contributed by atoms with Crippen LogP contribution in [-0.4, -0.2) is 57.9 Å². The van der Waals surface area contributed by atoms with Crippen LogP contribution < -0.4 is 10.9 Å². The molecule has 0 saturated carbocycles. The van der Waals surface area contributed by atoms with E-state index >= 15 is 0 Å². The van der Waals surface area contributed by atoms with Crippen molar-refractivity contribution in [3.8, 4) is 0 Å². The second-order valence-corrected chi connectivity index (χ2v) is 7.07. The van der Waals surface area contributed by atoms with E-state index in [9.17, 15) is 19.7 Å². The van der Waals surface area contributed by atoms with Crippen LogP contribution in [0.4, 0.5) is 11.4 Å². The Kier molecular flexibility index (Phi) is 6.73. The molecule has 154 valence electrons. The number of piperazine rings is 1. The van der Waals surface area contributed by atoms with Crippen LogP contribution in [0, 0.1) is 10.1 Å². The van der Waals surface area contributed by atoms with Gasteiger partial charge in [-0.15, -0.1) is 0 Å². The van der Waals surface area contributed by atoms with Gasteiger partial charge in [0.15, 0.2) is 0 Å². The Morgan fingerprint density at radius 1 is 1.07 bits per heavy atom. The van der Waals surface area contributed by atoms with Gasteiger partial charge in [0.25, 0.3) is 11.2 Å². The van der Waals surface area contributed by atoms with E-state index in [0.717, 1.165) is 62.2 Å². The van der Waals surface area contributed by atoms with Crippen molar-refractivity contribution in [3.63, 3.8) is 0 Å². The number of nitrogens with one attached hydrogen (secondary N) is 1. The van der Waals surface area contributed by atoms with E-state index in [1.54, 1.807) is 0 Å². The normalized spacial score (nSPS) is 15.2. The van der Waals surface area contributed by atoms with Crippen LogP contribution in [-0.2, 0) is 17.9 Å². The van der Waals surface area contributed by atoms with Crippen molar-refractivity contribution in [2.75, 3.05) is 38.0 Å². The van der Waals surface area contributed by atoms with E-state index in [0.29, 0.717) is 5.69 Å². The summed E-state index contributed by atoms with van der Waals surface area (Å²) in [6.07, 6.45) is 1.07. The zero-order valence-corrected chi connectivity index (χ0v) is 16.4. The van der Waals surface area contributed by atoms with E-state index in [-0.39, 0.29) is 12.2 Å². The molecule has 1 amide bonds. The summed E-state index contributed by atoms with van der Waals surface area (Å²) in [6.45, 7) is 8.11. The van der Waals surface area contributed by atoms with Gasteiger partial charge in [0, 0.05) is 50.5 Å². The minimum absolute atomic E-state index is 0.235. The third-order valence-corrected chi connectivity index (χ3v) is 5.05. The Bertz CT molecular complexity index is 917. The van der Waals surface area contributed by atoms with Gasteiger partial charge in [0.1, 0.15) is 6.54 Å². The zero-order chi connectivity index (χ0) is 20.8. The number of hydrogen-bond acceptors (Lipinski definition) is 6. The third kappa shape index (κ3) is 5.72. The lowest BCUT2D eigenvalue weighted by atomic mass is 10.1. The van der Waals surface area contributed by atoms with Crippen LogP contribution in [0.5, 0.6) is 0 Å². The van der Waals surface area contributed by atoms with E-state index < -0.39 is 16.4 Å². The topological polar surface area (TPSA) is 101 Å². The number of nitrogens with zero attached hydrogens (tertiary/aromatic N) is 4. The zero-order valence-electron chi connectivity index (χ0n) is 16.4. The first-order valence-corrected chi connectivity index (χ1v) is 9.63. The summed E-state index contributed by atoms with van der Waals surface area (Å²) in [4.78, 5) is 39.1. The smallest absolute Gasteiger partial charge is 0.285 e. The van der Waals surface area contributed by atoms with Crippen molar-refractivity contribution in [1.82, 2.24) is 14.4 Å². The SMILES string of the molecule is CCN1CCN(Cc2ccc(NC(=O)Cn3cc([N+](=O)[O-])ccc3=O)cc2)CC1. The first kappa shape index (κ1) is 20.7. The maximum atomic E-state index is 12.2. The lowest BCUT2D eigenvalue weighted by molar-refractivity contribution is -0.385. The van der Waals surface area contributed by atoms with Gasteiger partial charge < -0.3 is 10.2 Å². The van der Waals surface area contributed by atoms with Crippen LogP contribution in [0.15, 0.2) is 47.4 Å². The highest BCUT2D eigenvalue weighted by atomic mass is 16.6. The summed E-state index contributed by atoms with van der Waals surface area (Å²) in [5.74, 6) is -0.420. The molecule has 0 atom stereocenters.